The summed E-state index contributed by atoms with van der Waals surface area (Å²) in [5.74, 6) is 0. The summed E-state index contributed by atoms with van der Waals surface area (Å²) in [6.45, 7) is 3.33. The Morgan fingerprint density at radius 1 is 1.57 bits per heavy atom. The molecule has 1 heterocycles. The summed E-state index contributed by atoms with van der Waals surface area (Å²) in [7, 11) is 5.66. The molecule has 1 unspecified atom stereocenters. The summed E-state index contributed by atoms with van der Waals surface area (Å²) in [5, 5.41) is 9.76. The van der Waals surface area contributed by atoms with Crippen LogP contribution in [0.2, 0.25) is 0 Å². The van der Waals surface area contributed by atoms with Gasteiger partial charge in [0.05, 0.1) is 17.0 Å². The third kappa shape index (κ3) is 3.41. The van der Waals surface area contributed by atoms with E-state index in [1.165, 1.54) is 0 Å². The van der Waals surface area contributed by atoms with Crippen molar-refractivity contribution in [3.63, 3.8) is 0 Å². The molecule has 1 N–H and O–H groups in total. The fraction of sp³-hybridized carbons (Fsp3) is 0.889. The van der Waals surface area contributed by atoms with Crippen LogP contribution >= 0.6 is 22.8 Å². The van der Waals surface area contributed by atoms with Crippen LogP contribution in [-0.4, -0.2) is 61.8 Å². The number of alkyl halides is 1. The summed E-state index contributed by atoms with van der Waals surface area (Å²) in [6, 6.07) is -0.388. The maximum Gasteiger partial charge on any atom is 0.110 e. The molecule has 14 heavy (non-hydrogen) atoms. The minimum absolute atomic E-state index is 0.129. The summed E-state index contributed by atoms with van der Waals surface area (Å²) in [6.07, 6.45) is 5.38. The van der Waals surface area contributed by atoms with E-state index in [9.17, 15) is 5.11 Å². The Labute approximate surface area is 95.9 Å². The van der Waals surface area contributed by atoms with Crippen molar-refractivity contribution >= 4 is 37.0 Å². The highest BCUT2D eigenvalue weighted by Gasteiger charge is 2.38. The Kier molecular flexibility index (Phi) is 4.34. The van der Waals surface area contributed by atoms with E-state index >= 15 is 0 Å². The molecule has 0 amide bonds. The minimum Gasteiger partial charge on any atom is -0.389 e. The second-order valence-electron chi connectivity index (χ2n) is 4.52. The smallest absolute Gasteiger partial charge is 0.110 e. The molecule has 0 bridgehead atoms. The highest BCUT2D eigenvalue weighted by molar-refractivity contribution is 9.09. The molecule has 4 atom stereocenters. The second-order valence-corrected chi connectivity index (χ2v) is 9.90. The van der Waals surface area contributed by atoms with Gasteiger partial charge < -0.3 is 9.84 Å². The molecule has 1 aliphatic heterocycles. The third-order valence-corrected chi connectivity index (χ3v) is 4.90. The predicted octanol–water partition coefficient (Wildman–Crippen LogP) is 1.10. The average molecular weight is 279 g/mol. The van der Waals surface area contributed by atoms with Gasteiger partial charge in [-0.1, -0.05) is 15.9 Å². The van der Waals surface area contributed by atoms with Crippen molar-refractivity contribution in [2.24, 2.45) is 0 Å². The van der Waals surface area contributed by atoms with E-state index in [1.54, 1.807) is 0 Å². The standard InChI is InChI=1S/C9H17BBrO2P/c1-14(2,3)5-4-6-8(12)7(11)9(10)13-6/h6-9,12H,1,4-5H2,2-3H3/t6?,7-,8-,9-/m1/s1. The minimum atomic E-state index is -1.03. The van der Waals surface area contributed by atoms with Gasteiger partial charge in [-0.15, -0.1) is 13.2 Å². The topological polar surface area (TPSA) is 29.5 Å². The zero-order valence-electron chi connectivity index (χ0n) is 8.69. The molecule has 1 fully saturated rings. The van der Waals surface area contributed by atoms with E-state index in [-0.39, 0.29) is 16.9 Å². The van der Waals surface area contributed by atoms with Crippen molar-refractivity contribution in [2.75, 3.05) is 19.5 Å². The molecular weight excluding hydrogens is 262 g/mol. The first-order valence-electron chi connectivity index (χ1n) is 4.72. The van der Waals surface area contributed by atoms with Crippen LogP contribution in [0, 0.1) is 0 Å². The van der Waals surface area contributed by atoms with Crippen LogP contribution in [0.3, 0.4) is 0 Å². The Morgan fingerprint density at radius 2 is 2.14 bits per heavy atom. The fourth-order valence-corrected chi connectivity index (χ4v) is 2.89. The SMILES string of the molecule is [B][C@@H]1OC(CCP(=C)(C)C)[C@@H](O)[C@H]1Br. The maximum atomic E-state index is 9.76. The lowest BCUT2D eigenvalue weighted by Gasteiger charge is -2.18. The van der Waals surface area contributed by atoms with Gasteiger partial charge in [-0.2, -0.15) is 0 Å². The molecular formula is C9H17BBrO2P. The average Bonchev–Trinajstić information content (AvgIpc) is 2.28. The van der Waals surface area contributed by atoms with Gasteiger partial charge in [0.25, 0.3) is 0 Å². The van der Waals surface area contributed by atoms with Crippen molar-refractivity contribution in [3.05, 3.63) is 0 Å². The number of hydrogen-bond donors (Lipinski definition) is 1. The highest BCUT2D eigenvalue weighted by atomic mass is 79.9. The van der Waals surface area contributed by atoms with Crippen LogP contribution in [-0.2, 0) is 4.74 Å². The van der Waals surface area contributed by atoms with Crippen molar-refractivity contribution in [1.29, 1.82) is 0 Å². The lowest BCUT2D eigenvalue weighted by molar-refractivity contribution is 0.0312. The quantitative estimate of drug-likeness (QED) is 0.476. The van der Waals surface area contributed by atoms with Crippen LogP contribution < -0.4 is 0 Å². The normalized spacial score (nSPS) is 38.9. The zero-order valence-corrected chi connectivity index (χ0v) is 11.2. The zero-order chi connectivity index (χ0) is 10.9. The summed E-state index contributed by atoms with van der Waals surface area (Å²) >= 11 is 3.32. The van der Waals surface area contributed by atoms with E-state index in [1.807, 2.05) is 0 Å². The number of aliphatic hydroxyl groups excluding tert-OH is 1. The molecule has 0 aliphatic carbocycles. The fourth-order valence-electron chi connectivity index (χ4n) is 1.47. The molecule has 1 saturated heterocycles. The predicted molar refractivity (Wildman–Crippen MR) is 68.5 cm³/mol. The van der Waals surface area contributed by atoms with Gasteiger partial charge in [-0.3, -0.25) is 0 Å². The van der Waals surface area contributed by atoms with Gasteiger partial charge in [0.2, 0.25) is 0 Å². The van der Waals surface area contributed by atoms with Crippen LogP contribution in [0.25, 0.3) is 0 Å². The molecule has 0 aromatic rings. The first kappa shape index (κ1) is 12.8. The molecule has 5 heteroatoms. The van der Waals surface area contributed by atoms with Crippen LogP contribution in [0.5, 0.6) is 0 Å². The number of ether oxygens (including phenoxy) is 1. The number of aliphatic hydroxyl groups is 1. The van der Waals surface area contributed by atoms with Crippen LogP contribution in [0.1, 0.15) is 6.42 Å². The number of halogens is 1. The van der Waals surface area contributed by atoms with Gasteiger partial charge in [-0.05, 0) is 25.9 Å². The van der Waals surface area contributed by atoms with Crippen molar-refractivity contribution < 1.29 is 9.84 Å². The van der Waals surface area contributed by atoms with Gasteiger partial charge in [-0.25, -0.2) is 0 Å². The lowest BCUT2D eigenvalue weighted by Crippen LogP contribution is -2.28. The van der Waals surface area contributed by atoms with E-state index in [0.29, 0.717) is 0 Å². The molecule has 1 rings (SSSR count). The Morgan fingerprint density at radius 3 is 2.50 bits per heavy atom. The molecule has 1 aliphatic rings. The van der Waals surface area contributed by atoms with Crippen molar-refractivity contribution in [1.82, 2.24) is 0 Å². The van der Waals surface area contributed by atoms with Crippen LogP contribution in [0.15, 0.2) is 0 Å². The highest BCUT2D eigenvalue weighted by Crippen LogP contribution is 2.38. The largest absolute Gasteiger partial charge is 0.389 e. The van der Waals surface area contributed by atoms with E-state index in [4.69, 9.17) is 12.6 Å². The number of hydrogen-bond acceptors (Lipinski definition) is 2. The van der Waals surface area contributed by atoms with Gasteiger partial charge >= 0.3 is 0 Å². The van der Waals surface area contributed by atoms with E-state index in [0.717, 1.165) is 12.6 Å². The summed E-state index contributed by atoms with van der Waals surface area (Å²) in [5.41, 5.74) is 0. The Balaban J connectivity index is 2.44. The Hall–Kier alpha value is 0.765. The maximum absolute atomic E-state index is 9.76. The van der Waals surface area contributed by atoms with Gasteiger partial charge in [0.1, 0.15) is 7.85 Å². The first-order chi connectivity index (χ1) is 6.31. The van der Waals surface area contributed by atoms with Crippen LogP contribution in [0.4, 0.5) is 0 Å². The van der Waals surface area contributed by atoms with Crippen molar-refractivity contribution in [3.8, 4) is 0 Å². The molecule has 80 valence electrons. The monoisotopic (exact) mass is 278 g/mol. The molecule has 0 spiro atoms. The lowest BCUT2D eigenvalue weighted by atomic mass is 9.96. The molecule has 0 aromatic carbocycles. The van der Waals surface area contributed by atoms with E-state index < -0.39 is 13.0 Å². The van der Waals surface area contributed by atoms with Gasteiger partial charge in [0, 0.05) is 6.00 Å². The molecule has 2 radical (unpaired) electrons. The molecule has 0 aromatic heterocycles. The van der Waals surface area contributed by atoms with E-state index in [2.05, 4.69) is 35.6 Å². The van der Waals surface area contributed by atoms with Gasteiger partial charge in [0.15, 0.2) is 0 Å². The second kappa shape index (κ2) is 4.73. The first-order valence-corrected chi connectivity index (χ1v) is 8.69. The number of rotatable bonds is 3. The molecule has 2 nitrogen and oxygen atoms in total. The summed E-state index contributed by atoms with van der Waals surface area (Å²) < 4.78 is 5.45. The Bertz CT molecular complexity index is 243. The third-order valence-electron chi connectivity index (χ3n) is 2.37. The van der Waals surface area contributed by atoms with Crippen molar-refractivity contribution in [2.45, 2.75) is 29.5 Å². The molecule has 0 saturated carbocycles. The summed E-state index contributed by atoms with van der Waals surface area (Å²) in [4.78, 5) is -0.140.